The summed E-state index contributed by atoms with van der Waals surface area (Å²) in [5, 5.41) is 18.7. The summed E-state index contributed by atoms with van der Waals surface area (Å²) in [5.41, 5.74) is 9.77. The van der Waals surface area contributed by atoms with Crippen LogP contribution >= 0.6 is 0 Å². The van der Waals surface area contributed by atoms with Crippen molar-refractivity contribution in [3.05, 3.63) is 47.5 Å². The minimum atomic E-state index is 0.153. The first-order valence-corrected chi connectivity index (χ1v) is 6.04. The zero-order chi connectivity index (χ0) is 13.4. The molecule has 19 heavy (non-hydrogen) atoms. The summed E-state index contributed by atoms with van der Waals surface area (Å²) in [7, 11) is 0. The standard InChI is InChI=1S/C14H14N4O/c1-9-5-6-13(19)12(7-9)18-16-11-4-2-3-10(8-15)14(11)17-18/h2-7,19H,8,15H2,1H3. The fraction of sp³-hybridized carbons (Fsp3) is 0.143. The van der Waals surface area contributed by atoms with Gasteiger partial charge in [0.25, 0.3) is 0 Å². The Labute approximate surface area is 110 Å². The second kappa shape index (κ2) is 4.37. The first kappa shape index (κ1) is 11.7. The maximum absolute atomic E-state index is 9.91. The quantitative estimate of drug-likeness (QED) is 0.732. The van der Waals surface area contributed by atoms with Gasteiger partial charge in [0.1, 0.15) is 22.5 Å². The molecule has 5 nitrogen and oxygen atoms in total. The van der Waals surface area contributed by atoms with Crippen LogP contribution in [0.1, 0.15) is 11.1 Å². The van der Waals surface area contributed by atoms with E-state index in [1.807, 2.05) is 37.3 Å². The summed E-state index contributed by atoms with van der Waals surface area (Å²) in [6.07, 6.45) is 0. The SMILES string of the molecule is Cc1ccc(O)c(-n2nc3cccc(CN)c3n2)c1. The van der Waals surface area contributed by atoms with Crippen molar-refractivity contribution < 1.29 is 5.11 Å². The molecule has 0 atom stereocenters. The van der Waals surface area contributed by atoms with Gasteiger partial charge in [0, 0.05) is 6.54 Å². The van der Waals surface area contributed by atoms with Crippen molar-refractivity contribution in [3.8, 4) is 11.4 Å². The monoisotopic (exact) mass is 254 g/mol. The molecule has 0 radical (unpaired) electrons. The van der Waals surface area contributed by atoms with Crippen molar-refractivity contribution in [3.63, 3.8) is 0 Å². The van der Waals surface area contributed by atoms with Crippen LogP contribution < -0.4 is 5.73 Å². The number of aryl methyl sites for hydroxylation is 1. The second-order valence-electron chi connectivity index (χ2n) is 4.47. The molecule has 3 aromatic rings. The maximum Gasteiger partial charge on any atom is 0.143 e. The molecular formula is C14H14N4O. The van der Waals surface area contributed by atoms with Gasteiger partial charge in [-0.2, -0.15) is 0 Å². The van der Waals surface area contributed by atoms with Gasteiger partial charge in [-0.15, -0.1) is 15.0 Å². The molecule has 0 amide bonds. The van der Waals surface area contributed by atoms with Crippen molar-refractivity contribution in [1.82, 2.24) is 15.0 Å². The molecule has 3 rings (SSSR count). The number of aromatic nitrogens is 3. The summed E-state index contributed by atoms with van der Waals surface area (Å²) in [6.45, 7) is 2.37. The lowest BCUT2D eigenvalue weighted by atomic mass is 10.2. The average molecular weight is 254 g/mol. The van der Waals surface area contributed by atoms with Crippen LogP contribution in [0.4, 0.5) is 0 Å². The number of hydrogen-bond donors (Lipinski definition) is 2. The Morgan fingerprint density at radius 1 is 1.21 bits per heavy atom. The van der Waals surface area contributed by atoms with E-state index in [0.717, 1.165) is 22.2 Å². The average Bonchev–Trinajstić information content (AvgIpc) is 2.85. The van der Waals surface area contributed by atoms with Crippen LogP contribution in [0.2, 0.25) is 0 Å². The van der Waals surface area contributed by atoms with E-state index in [1.54, 1.807) is 6.07 Å². The van der Waals surface area contributed by atoms with Gasteiger partial charge in [-0.1, -0.05) is 18.2 Å². The highest BCUT2D eigenvalue weighted by Crippen LogP contribution is 2.23. The van der Waals surface area contributed by atoms with Crippen LogP contribution in [0.5, 0.6) is 5.75 Å². The van der Waals surface area contributed by atoms with Crippen LogP contribution in [0.25, 0.3) is 16.7 Å². The minimum absolute atomic E-state index is 0.153. The molecular weight excluding hydrogens is 240 g/mol. The molecule has 0 unspecified atom stereocenters. The lowest BCUT2D eigenvalue weighted by Crippen LogP contribution is -2.00. The highest BCUT2D eigenvalue weighted by molar-refractivity contribution is 5.77. The van der Waals surface area contributed by atoms with E-state index in [9.17, 15) is 5.11 Å². The van der Waals surface area contributed by atoms with Gasteiger partial charge < -0.3 is 10.8 Å². The molecule has 1 aromatic heterocycles. The third kappa shape index (κ3) is 1.94. The molecule has 0 aliphatic rings. The number of phenolic OH excluding ortho intramolecular Hbond substituents is 1. The Morgan fingerprint density at radius 2 is 2.05 bits per heavy atom. The van der Waals surface area contributed by atoms with E-state index in [1.165, 1.54) is 4.80 Å². The minimum Gasteiger partial charge on any atom is -0.506 e. The van der Waals surface area contributed by atoms with E-state index < -0.39 is 0 Å². The molecule has 0 fully saturated rings. The third-order valence-corrected chi connectivity index (χ3v) is 3.06. The number of phenols is 1. The number of nitrogens with two attached hydrogens (primary N) is 1. The normalized spacial score (nSPS) is 11.1. The Balaban J connectivity index is 2.23. The molecule has 0 saturated carbocycles. The summed E-state index contributed by atoms with van der Waals surface area (Å²) in [4.78, 5) is 1.45. The number of hydrogen-bond acceptors (Lipinski definition) is 4. The highest BCUT2D eigenvalue weighted by atomic mass is 16.3. The van der Waals surface area contributed by atoms with Crippen molar-refractivity contribution >= 4 is 11.0 Å². The Kier molecular flexibility index (Phi) is 2.68. The Bertz CT molecular complexity index is 748. The molecule has 0 aliphatic carbocycles. The van der Waals surface area contributed by atoms with Crippen LogP contribution in [0.15, 0.2) is 36.4 Å². The van der Waals surface area contributed by atoms with E-state index in [2.05, 4.69) is 10.2 Å². The number of rotatable bonds is 2. The summed E-state index contributed by atoms with van der Waals surface area (Å²) < 4.78 is 0. The van der Waals surface area contributed by atoms with Crippen molar-refractivity contribution in [2.75, 3.05) is 0 Å². The maximum atomic E-state index is 9.91. The van der Waals surface area contributed by atoms with E-state index >= 15 is 0 Å². The van der Waals surface area contributed by atoms with Crippen LogP contribution in [-0.4, -0.2) is 20.1 Å². The Hall–Kier alpha value is -2.40. The molecule has 2 aromatic carbocycles. The first-order chi connectivity index (χ1) is 9.19. The van der Waals surface area contributed by atoms with Gasteiger partial charge in [-0.25, -0.2) is 0 Å². The smallest absolute Gasteiger partial charge is 0.143 e. The number of nitrogens with zero attached hydrogens (tertiary/aromatic N) is 3. The Morgan fingerprint density at radius 3 is 2.84 bits per heavy atom. The number of fused-ring (bicyclic) bond motifs is 1. The summed E-state index contributed by atoms with van der Waals surface area (Å²) in [6, 6.07) is 11.0. The predicted octanol–water partition coefficient (Wildman–Crippen LogP) is 1.89. The molecule has 5 heteroatoms. The summed E-state index contributed by atoms with van der Waals surface area (Å²) >= 11 is 0. The molecule has 0 saturated heterocycles. The van der Waals surface area contributed by atoms with Gasteiger partial charge in [0.2, 0.25) is 0 Å². The van der Waals surface area contributed by atoms with Crippen molar-refractivity contribution in [2.24, 2.45) is 5.73 Å². The van der Waals surface area contributed by atoms with Gasteiger partial charge in [-0.05, 0) is 36.2 Å². The molecule has 0 bridgehead atoms. The van der Waals surface area contributed by atoms with Gasteiger partial charge in [-0.3, -0.25) is 0 Å². The van der Waals surface area contributed by atoms with E-state index in [-0.39, 0.29) is 5.75 Å². The van der Waals surface area contributed by atoms with Crippen molar-refractivity contribution in [2.45, 2.75) is 13.5 Å². The van der Waals surface area contributed by atoms with Crippen LogP contribution in [0.3, 0.4) is 0 Å². The highest BCUT2D eigenvalue weighted by Gasteiger charge is 2.10. The first-order valence-electron chi connectivity index (χ1n) is 6.04. The predicted molar refractivity (Wildman–Crippen MR) is 73.2 cm³/mol. The van der Waals surface area contributed by atoms with Crippen LogP contribution in [-0.2, 0) is 6.54 Å². The molecule has 3 N–H and O–H groups in total. The topological polar surface area (TPSA) is 77.0 Å². The van der Waals surface area contributed by atoms with Gasteiger partial charge >= 0.3 is 0 Å². The third-order valence-electron chi connectivity index (χ3n) is 3.06. The van der Waals surface area contributed by atoms with Crippen molar-refractivity contribution in [1.29, 1.82) is 0 Å². The lowest BCUT2D eigenvalue weighted by Gasteiger charge is -2.03. The molecule has 0 spiro atoms. The largest absolute Gasteiger partial charge is 0.506 e. The molecule has 96 valence electrons. The van der Waals surface area contributed by atoms with E-state index in [0.29, 0.717) is 12.2 Å². The number of benzene rings is 2. The van der Waals surface area contributed by atoms with Crippen LogP contribution in [0, 0.1) is 6.92 Å². The molecule has 0 aliphatic heterocycles. The molecule has 1 heterocycles. The fourth-order valence-corrected chi connectivity index (χ4v) is 2.06. The zero-order valence-corrected chi connectivity index (χ0v) is 10.5. The zero-order valence-electron chi connectivity index (χ0n) is 10.5. The van der Waals surface area contributed by atoms with E-state index in [4.69, 9.17) is 5.73 Å². The second-order valence-corrected chi connectivity index (χ2v) is 4.47. The summed E-state index contributed by atoms with van der Waals surface area (Å²) in [5.74, 6) is 0.153. The fourth-order valence-electron chi connectivity index (χ4n) is 2.06. The number of aromatic hydroxyl groups is 1. The van der Waals surface area contributed by atoms with Gasteiger partial charge in [0.05, 0.1) is 0 Å². The lowest BCUT2D eigenvalue weighted by molar-refractivity contribution is 0.467. The van der Waals surface area contributed by atoms with Gasteiger partial charge in [0.15, 0.2) is 0 Å².